The van der Waals surface area contributed by atoms with Gasteiger partial charge in [-0.05, 0) is 86.4 Å². The molecule has 3 heteroatoms. The Labute approximate surface area is 151 Å². The molecule has 9 atom stereocenters. The second-order valence-electron chi connectivity index (χ2n) is 9.56. The molecule has 4 fully saturated rings. The van der Waals surface area contributed by atoms with Gasteiger partial charge < -0.3 is 10.2 Å². The van der Waals surface area contributed by atoms with Crippen LogP contribution in [0.25, 0.3) is 0 Å². The van der Waals surface area contributed by atoms with E-state index in [4.69, 9.17) is 11.6 Å². The molecule has 2 nitrogen and oxygen atoms in total. The fraction of sp³-hybridized carbons (Fsp3) is 0.905. The van der Waals surface area contributed by atoms with Crippen molar-refractivity contribution in [3.8, 4) is 0 Å². The van der Waals surface area contributed by atoms with Gasteiger partial charge in [0.1, 0.15) is 0 Å². The monoisotopic (exact) mass is 352 g/mol. The molecule has 0 spiro atoms. The summed E-state index contributed by atoms with van der Waals surface area (Å²) in [5.74, 6) is 1.49. The summed E-state index contributed by atoms with van der Waals surface area (Å²) in [6.07, 6.45) is 8.96. The average Bonchev–Trinajstić information content (AvgIpc) is 2.90. The van der Waals surface area contributed by atoms with Gasteiger partial charge in [0.15, 0.2) is 0 Å². The topological polar surface area (TPSA) is 40.5 Å². The van der Waals surface area contributed by atoms with Gasteiger partial charge in [0.25, 0.3) is 0 Å². The van der Waals surface area contributed by atoms with Gasteiger partial charge in [0.2, 0.25) is 0 Å². The van der Waals surface area contributed by atoms with Crippen molar-refractivity contribution in [3.63, 3.8) is 0 Å². The van der Waals surface area contributed by atoms with Gasteiger partial charge in [-0.1, -0.05) is 25.5 Å². The summed E-state index contributed by atoms with van der Waals surface area (Å²) < 4.78 is 0. The first-order chi connectivity index (χ1) is 11.3. The van der Waals surface area contributed by atoms with Crippen LogP contribution in [0.1, 0.15) is 65.7 Å². The fourth-order valence-electron chi connectivity index (χ4n) is 7.54. The molecule has 24 heavy (non-hydrogen) atoms. The molecule has 0 aromatic rings. The van der Waals surface area contributed by atoms with E-state index in [1.165, 1.54) is 25.7 Å². The number of hydrogen-bond acceptors (Lipinski definition) is 2. The van der Waals surface area contributed by atoms with Gasteiger partial charge in [-0.3, -0.25) is 0 Å². The van der Waals surface area contributed by atoms with Crippen molar-refractivity contribution in [3.05, 3.63) is 11.6 Å². The summed E-state index contributed by atoms with van der Waals surface area (Å²) in [4.78, 5) is 0. The molecule has 0 radical (unpaired) electrons. The fourth-order valence-corrected chi connectivity index (χ4v) is 7.84. The lowest BCUT2D eigenvalue weighted by atomic mass is 9.44. The van der Waals surface area contributed by atoms with Crippen LogP contribution in [-0.2, 0) is 0 Å². The Balaban J connectivity index is 1.73. The SMILES string of the molecule is C/C=C1/CCC2C3C(CC[C@]12C)[C@@]1(C)CC[C@@H](Cl)CC1[C@@H](O)[C@@H]3O. The summed E-state index contributed by atoms with van der Waals surface area (Å²) >= 11 is 6.44. The molecule has 0 heterocycles. The summed E-state index contributed by atoms with van der Waals surface area (Å²) in [5.41, 5.74) is 1.97. The van der Waals surface area contributed by atoms with E-state index in [1.54, 1.807) is 5.57 Å². The molecule has 2 N–H and O–H groups in total. The summed E-state index contributed by atoms with van der Waals surface area (Å²) in [6.45, 7) is 6.97. The molecular weight excluding hydrogens is 320 g/mol. The molecule has 4 unspecified atom stereocenters. The van der Waals surface area contributed by atoms with Crippen LogP contribution >= 0.6 is 11.6 Å². The number of aliphatic hydroxyl groups excluding tert-OH is 2. The molecule has 4 saturated carbocycles. The molecule has 4 aliphatic rings. The standard InChI is InChI=1S/C21H33ClO2/c1-4-12-5-6-14-17-15(8-10-20(12,14)2)21(3)9-7-13(22)11-16(21)18(23)19(17)24/h4,13-19,23-24H,5-11H2,1-3H3/b12-4-/t13-,14?,15?,16?,17?,18-,19-,20-,21-/m1/s1. The van der Waals surface area contributed by atoms with Crippen molar-refractivity contribution in [1.82, 2.24) is 0 Å². The Kier molecular flexibility index (Phi) is 4.14. The van der Waals surface area contributed by atoms with E-state index < -0.39 is 12.2 Å². The van der Waals surface area contributed by atoms with E-state index in [0.29, 0.717) is 11.8 Å². The van der Waals surface area contributed by atoms with Crippen LogP contribution < -0.4 is 0 Å². The van der Waals surface area contributed by atoms with Crippen LogP contribution in [0.2, 0.25) is 0 Å². The van der Waals surface area contributed by atoms with Crippen LogP contribution in [-0.4, -0.2) is 27.8 Å². The lowest BCUT2D eigenvalue weighted by Gasteiger charge is -2.63. The molecule has 0 bridgehead atoms. The maximum atomic E-state index is 11.1. The first-order valence-electron chi connectivity index (χ1n) is 9.99. The molecule has 0 amide bonds. The summed E-state index contributed by atoms with van der Waals surface area (Å²) in [5, 5.41) is 22.3. The molecule has 4 rings (SSSR count). The first-order valence-corrected chi connectivity index (χ1v) is 10.4. The molecule has 0 aliphatic heterocycles. The molecular formula is C21H33ClO2. The molecule has 0 aromatic heterocycles. The van der Waals surface area contributed by atoms with Gasteiger partial charge in [-0.25, -0.2) is 0 Å². The number of allylic oxidation sites excluding steroid dienone is 2. The van der Waals surface area contributed by atoms with Gasteiger partial charge in [0, 0.05) is 5.38 Å². The Morgan fingerprint density at radius 3 is 2.46 bits per heavy atom. The Hall–Kier alpha value is -0.0500. The zero-order chi connectivity index (χ0) is 17.3. The van der Waals surface area contributed by atoms with Gasteiger partial charge >= 0.3 is 0 Å². The zero-order valence-corrected chi connectivity index (χ0v) is 16.1. The van der Waals surface area contributed by atoms with Crippen molar-refractivity contribution in [1.29, 1.82) is 0 Å². The van der Waals surface area contributed by atoms with Crippen molar-refractivity contribution in [2.75, 3.05) is 0 Å². The molecule has 4 aliphatic carbocycles. The maximum absolute atomic E-state index is 11.1. The second-order valence-corrected chi connectivity index (χ2v) is 10.2. The zero-order valence-electron chi connectivity index (χ0n) is 15.3. The highest BCUT2D eigenvalue weighted by Crippen LogP contribution is 2.67. The maximum Gasteiger partial charge on any atom is 0.0835 e. The molecule has 136 valence electrons. The molecule has 0 saturated heterocycles. The largest absolute Gasteiger partial charge is 0.390 e. The van der Waals surface area contributed by atoms with Crippen LogP contribution in [0.4, 0.5) is 0 Å². The third-order valence-corrected chi connectivity index (χ3v) is 9.28. The van der Waals surface area contributed by atoms with Crippen LogP contribution in [0, 0.1) is 34.5 Å². The van der Waals surface area contributed by atoms with Crippen LogP contribution in [0.15, 0.2) is 11.6 Å². The summed E-state index contributed by atoms with van der Waals surface area (Å²) in [7, 11) is 0. The average molecular weight is 353 g/mol. The summed E-state index contributed by atoms with van der Waals surface area (Å²) in [6, 6.07) is 0. The minimum absolute atomic E-state index is 0.148. The number of alkyl halides is 1. The predicted octanol–water partition coefficient (Wildman–Crippen LogP) is 4.52. The minimum atomic E-state index is -0.602. The third kappa shape index (κ3) is 2.15. The highest BCUT2D eigenvalue weighted by atomic mass is 35.5. The van der Waals surface area contributed by atoms with E-state index >= 15 is 0 Å². The van der Waals surface area contributed by atoms with Crippen molar-refractivity contribution in [2.24, 2.45) is 34.5 Å². The number of hydrogen-bond donors (Lipinski definition) is 2. The van der Waals surface area contributed by atoms with Crippen molar-refractivity contribution >= 4 is 11.6 Å². The minimum Gasteiger partial charge on any atom is -0.390 e. The first kappa shape index (κ1) is 17.4. The quantitative estimate of drug-likeness (QED) is 0.497. The van der Waals surface area contributed by atoms with Crippen LogP contribution in [0.3, 0.4) is 0 Å². The lowest BCUT2D eigenvalue weighted by molar-refractivity contribution is -0.208. The third-order valence-electron chi connectivity index (χ3n) is 8.89. The highest BCUT2D eigenvalue weighted by molar-refractivity contribution is 6.20. The van der Waals surface area contributed by atoms with Gasteiger partial charge in [-0.15, -0.1) is 11.6 Å². The molecule has 0 aromatic carbocycles. The van der Waals surface area contributed by atoms with E-state index in [-0.39, 0.29) is 28.0 Å². The smallest absolute Gasteiger partial charge is 0.0835 e. The van der Waals surface area contributed by atoms with E-state index in [0.717, 1.165) is 19.3 Å². The Morgan fingerprint density at radius 2 is 1.75 bits per heavy atom. The van der Waals surface area contributed by atoms with Crippen molar-refractivity contribution in [2.45, 2.75) is 83.3 Å². The van der Waals surface area contributed by atoms with E-state index in [1.807, 2.05) is 0 Å². The Bertz CT molecular complexity index is 546. The van der Waals surface area contributed by atoms with E-state index in [9.17, 15) is 10.2 Å². The number of aliphatic hydroxyl groups is 2. The van der Waals surface area contributed by atoms with Crippen molar-refractivity contribution < 1.29 is 10.2 Å². The highest BCUT2D eigenvalue weighted by Gasteiger charge is 2.63. The predicted molar refractivity (Wildman–Crippen MR) is 97.9 cm³/mol. The Morgan fingerprint density at radius 1 is 1.00 bits per heavy atom. The van der Waals surface area contributed by atoms with Crippen LogP contribution in [0.5, 0.6) is 0 Å². The second kappa shape index (κ2) is 5.72. The van der Waals surface area contributed by atoms with Gasteiger partial charge in [-0.2, -0.15) is 0 Å². The normalized spacial score (nSPS) is 58.9. The number of fused-ring (bicyclic) bond motifs is 5. The van der Waals surface area contributed by atoms with E-state index in [2.05, 4.69) is 26.8 Å². The lowest BCUT2D eigenvalue weighted by Crippen LogP contribution is -2.63. The number of halogens is 1. The number of rotatable bonds is 0. The van der Waals surface area contributed by atoms with Gasteiger partial charge in [0.05, 0.1) is 12.2 Å².